The first kappa shape index (κ1) is 12.3. The number of ether oxygens (including phenoxy) is 1. The van der Waals surface area contributed by atoms with Gasteiger partial charge in [0.15, 0.2) is 0 Å². The molecule has 1 amide bonds. The standard InChI is InChI=1S/C16H19NO2/c1-11(13-4-5-13)17-16(18)7-3-12-2-6-15-14(10-12)8-9-19-15/h2-3,6-7,10-11,13H,4-5,8-9H2,1H3,(H,17,18)/b7-3+. The van der Waals surface area contributed by atoms with Gasteiger partial charge < -0.3 is 10.1 Å². The fraction of sp³-hybridized carbons (Fsp3) is 0.438. The smallest absolute Gasteiger partial charge is 0.244 e. The monoisotopic (exact) mass is 257 g/mol. The van der Waals surface area contributed by atoms with Crippen LogP contribution in [-0.4, -0.2) is 18.6 Å². The Kier molecular flexibility index (Phi) is 3.28. The summed E-state index contributed by atoms with van der Waals surface area (Å²) in [5, 5.41) is 3.01. The van der Waals surface area contributed by atoms with Crippen LogP contribution in [0.25, 0.3) is 6.08 Å². The van der Waals surface area contributed by atoms with E-state index in [4.69, 9.17) is 4.74 Å². The molecule has 100 valence electrons. The van der Waals surface area contributed by atoms with Crippen molar-refractivity contribution in [2.45, 2.75) is 32.2 Å². The van der Waals surface area contributed by atoms with E-state index < -0.39 is 0 Å². The Balaban J connectivity index is 1.60. The third kappa shape index (κ3) is 2.98. The van der Waals surface area contributed by atoms with E-state index >= 15 is 0 Å². The molecule has 3 heteroatoms. The van der Waals surface area contributed by atoms with E-state index in [1.807, 2.05) is 18.2 Å². The molecule has 1 aromatic carbocycles. The van der Waals surface area contributed by atoms with Gasteiger partial charge in [0.25, 0.3) is 0 Å². The predicted molar refractivity (Wildman–Crippen MR) is 75.0 cm³/mol. The van der Waals surface area contributed by atoms with E-state index in [1.165, 1.54) is 18.4 Å². The fourth-order valence-electron chi connectivity index (χ4n) is 2.47. The molecule has 1 aromatic rings. The lowest BCUT2D eigenvalue weighted by atomic mass is 10.1. The summed E-state index contributed by atoms with van der Waals surface area (Å²) < 4.78 is 5.46. The first-order chi connectivity index (χ1) is 9.22. The molecule has 3 rings (SSSR count). The Bertz CT molecular complexity index is 517. The highest BCUT2D eigenvalue weighted by Gasteiger charge is 2.28. The van der Waals surface area contributed by atoms with E-state index in [-0.39, 0.29) is 5.91 Å². The maximum Gasteiger partial charge on any atom is 0.244 e. The van der Waals surface area contributed by atoms with Gasteiger partial charge in [-0.05, 0) is 55.0 Å². The normalized spacial score (nSPS) is 19.0. The summed E-state index contributed by atoms with van der Waals surface area (Å²) in [5.41, 5.74) is 2.28. The molecule has 1 aliphatic heterocycles. The van der Waals surface area contributed by atoms with Crippen molar-refractivity contribution in [3.05, 3.63) is 35.4 Å². The van der Waals surface area contributed by atoms with Gasteiger partial charge in [-0.1, -0.05) is 6.07 Å². The summed E-state index contributed by atoms with van der Waals surface area (Å²) in [5.74, 6) is 1.66. The molecule has 1 atom stereocenters. The summed E-state index contributed by atoms with van der Waals surface area (Å²) in [6.07, 6.45) is 6.94. The quantitative estimate of drug-likeness (QED) is 0.842. The van der Waals surface area contributed by atoms with Crippen LogP contribution < -0.4 is 10.1 Å². The molecule has 1 aliphatic carbocycles. The van der Waals surface area contributed by atoms with Crippen LogP contribution in [0.4, 0.5) is 0 Å². The topological polar surface area (TPSA) is 38.3 Å². The van der Waals surface area contributed by atoms with Crippen LogP contribution in [0.5, 0.6) is 5.75 Å². The number of hydrogen-bond acceptors (Lipinski definition) is 2. The van der Waals surface area contributed by atoms with Gasteiger partial charge in [0, 0.05) is 18.5 Å². The minimum absolute atomic E-state index is 0.00357. The second kappa shape index (κ2) is 5.08. The van der Waals surface area contributed by atoms with Crippen molar-refractivity contribution >= 4 is 12.0 Å². The molecule has 1 fully saturated rings. The average molecular weight is 257 g/mol. The molecule has 0 spiro atoms. The fourth-order valence-corrected chi connectivity index (χ4v) is 2.47. The number of amides is 1. The van der Waals surface area contributed by atoms with Crippen LogP contribution in [0.1, 0.15) is 30.9 Å². The van der Waals surface area contributed by atoms with E-state index in [1.54, 1.807) is 6.08 Å². The molecular weight excluding hydrogens is 238 g/mol. The van der Waals surface area contributed by atoms with E-state index in [2.05, 4.69) is 18.3 Å². The van der Waals surface area contributed by atoms with E-state index in [0.717, 1.165) is 24.3 Å². The number of fused-ring (bicyclic) bond motifs is 1. The third-order valence-electron chi connectivity index (χ3n) is 3.84. The van der Waals surface area contributed by atoms with Gasteiger partial charge in [-0.25, -0.2) is 0 Å². The Morgan fingerprint density at radius 1 is 1.47 bits per heavy atom. The van der Waals surface area contributed by atoms with Gasteiger partial charge in [0.05, 0.1) is 6.61 Å². The third-order valence-corrected chi connectivity index (χ3v) is 3.84. The molecule has 1 unspecified atom stereocenters. The molecule has 1 N–H and O–H groups in total. The van der Waals surface area contributed by atoms with Crippen molar-refractivity contribution in [3.8, 4) is 5.75 Å². The van der Waals surface area contributed by atoms with Crippen LogP contribution in [0.2, 0.25) is 0 Å². The molecule has 0 bridgehead atoms. The van der Waals surface area contributed by atoms with Gasteiger partial charge in [-0.3, -0.25) is 4.79 Å². The van der Waals surface area contributed by atoms with Crippen molar-refractivity contribution < 1.29 is 9.53 Å². The average Bonchev–Trinajstić information content (AvgIpc) is 3.15. The van der Waals surface area contributed by atoms with Gasteiger partial charge in [-0.2, -0.15) is 0 Å². The minimum Gasteiger partial charge on any atom is -0.493 e. The zero-order chi connectivity index (χ0) is 13.2. The van der Waals surface area contributed by atoms with Crippen molar-refractivity contribution in [1.29, 1.82) is 0 Å². The lowest BCUT2D eigenvalue weighted by Gasteiger charge is -2.10. The summed E-state index contributed by atoms with van der Waals surface area (Å²) in [6, 6.07) is 6.35. The van der Waals surface area contributed by atoms with Crippen LogP contribution in [0.15, 0.2) is 24.3 Å². The van der Waals surface area contributed by atoms with Crippen molar-refractivity contribution in [2.24, 2.45) is 5.92 Å². The molecular formula is C16H19NO2. The maximum absolute atomic E-state index is 11.8. The molecule has 0 aromatic heterocycles. The summed E-state index contributed by atoms with van der Waals surface area (Å²) >= 11 is 0. The first-order valence-electron chi connectivity index (χ1n) is 6.97. The summed E-state index contributed by atoms with van der Waals surface area (Å²) in [4.78, 5) is 11.8. The minimum atomic E-state index is -0.00357. The molecule has 0 saturated heterocycles. The number of benzene rings is 1. The van der Waals surface area contributed by atoms with Gasteiger partial charge in [0.1, 0.15) is 5.75 Å². The number of carbonyl (C=O) groups is 1. The first-order valence-corrected chi connectivity index (χ1v) is 6.97. The van der Waals surface area contributed by atoms with Crippen LogP contribution in [-0.2, 0) is 11.2 Å². The Hall–Kier alpha value is -1.77. The largest absolute Gasteiger partial charge is 0.493 e. The lowest BCUT2D eigenvalue weighted by Crippen LogP contribution is -2.32. The van der Waals surface area contributed by atoms with Crippen LogP contribution in [0, 0.1) is 5.92 Å². The molecule has 19 heavy (non-hydrogen) atoms. The SMILES string of the molecule is CC(NC(=O)/C=C/c1ccc2c(c1)CCO2)C1CC1. The van der Waals surface area contributed by atoms with Crippen molar-refractivity contribution in [3.63, 3.8) is 0 Å². The molecule has 2 aliphatic rings. The highest BCUT2D eigenvalue weighted by Crippen LogP contribution is 2.32. The molecule has 1 saturated carbocycles. The second-order valence-electron chi connectivity index (χ2n) is 5.43. The van der Waals surface area contributed by atoms with Gasteiger partial charge in [0.2, 0.25) is 5.91 Å². The highest BCUT2D eigenvalue weighted by atomic mass is 16.5. The zero-order valence-corrected chi connectivity index (χ0v) is 11.2. The van der Waals surface area contributed by atoms with Gasteiger partial charge >= 0.3 is 0 Å². The Labute approximate surface area is 113 Å². The molecule has 3 nitrogen and oxygen atoms in total. The second-order valence-corrected chi connectivity index (χ2v) is 5.43. The van der Waals surface area contributed by atoms with Crippen LogP contribution >= 0.6 is 0 Å². The maximum atomic E-state index is 11.8. The van der Waals surface area contributed by atoms with Crippen molar-refractivity contribution in [1.82, 2.24) is 5.32 Å². The number of carbonyl (C=O) groups excluding carboxylic acids is 1. The summed E-state index contributed by atoms with van der Waals surface area (Å²) in [6.45, 7) is 2.85. The van der Waals surface area contributed by atoms with E-state index in [0.29, 0.717) is 12.0 Å². The van der Waals surface area contributed by atoms with E-state index in [9.17, 15) is 4.79 Å². The summed E-state index contributed by atoms with van der Waals surface area (Å²) in [7, 11) is 0. The lowest BCUT2D eigenvalue weighted by molar-refractivity contribution is -0.117. The predicted octanol–water partition coefficient (Wildman–Crippen LogP) is 2.55. The molecule has 1 heterocycles. The molecule has 0 radical (unpaired) electrons. The zero-order valence-electron chi connectivity index (χ0n) is 11.2. The number of nitrogens with one attached hydrogen (secondary N) is 1. The Morgan fingerprint density at radius 2 is 2.32 bits per heavy atom. The Morgan fingerprint density at radius 3 is 3.11 bits per heavy atom. The number of rotatable bonds is 4. The van der Waals surface area contributed by atoms with Crippen molar-refractivity contribution in [2.75, 3.05) is 6.61 Å². The number of hydrogen-bond donors (Lipinski definition) is 1. The van der Waals surface area contributed by atoms with Gasteiger partial charge in [-0.15, -0.1) is 0 Å². The van der Waals surface area contributed by atoms with Crippen LogP contribution in [0.3, 0.4) is 0 Å². The highest BCUT2D eigenvalue weighted by molar-refractivity contribution is 5.92.